The van der Waals surface area contributed by atoms with E-state index in [1.165, 1.54) is 24.3 Å². The Hall–Kier alpha value is -2.63. The van der Waals surface area contributed by atoms with Gasteiger partial charge in [0.05, 0.1) is 16.7 Å². The lowest BCUT2D eigenvalue weighted by molar-refractivity contribution is 0.0883. The summed E-state index contributed by atoms with van der Waals surface area (Å²) < 4.78 is 19.0. The molecule has 1 amide bonds. The molecule has 0 spiro atoms. The highest BCUT2D eigenvalue weighted by atomic mass is 35.5. The molecule has 3 aromatic rings. The Morgan fingerprint density at radius 1 is 1.11 bits per heavy atom. The van der Waals surface area contributed by atoms with Gasteiger partial charge in [0.1, 0.15) is 22.8 Å². The Morgan fingerprint density at radius 3 is 2.64 bits per heavy atom. The van der Waals surface area contributed by atoms with Gasteiger partial charge in [0.2, 0.25) is 0 Å². The second-order valence-corrected chi connectivity index (χ2v) is 7.26. The molecule has 0 saturated carbocycles. The lowest BCUT2D eigenvalue weighted by Gasteiger charge is -2.39. The van der Waals surface area contributed by atoms with Crippen molar-refractivity contribution < 1.29 is 13.9 Å². The molecule has 142 valence electrons. The number of aromatic nitrogens is 1. The molecule has 2 aromatic carbocycles. The van der Waals surface area contributed by atoms with Crippen molar-refractivity contribution in [1.82, 2.24) is 10.3 Å². The van der Waals surface area contributed by atoms with E-state index in [-0.39, 0.29) is 5.91 Å². The van der Waals surface area contributed by atoms with Crippen molar-refractivity contribution in [2.24, 2.45) is 0 Å². The van der Waals surface area contributed by atoms with Crippen molar-refractivity contribution in [1.29, 1.82) is 0 Å². The van der Waals surface area contributed by atoms with Gasteiger partial charge in [-0.3, -0.25) is 9.78 Å². The number of halogens is 3. The summed E-state index contributed by atoms with van der Waals surface area (Å²) in [6.07, 6.45) is 2.09. The van der Waals surface area contributed by atoms with Gasteiger partial charge in [-0.25, -0.2) is 4.39 Å². The molecule has 4 nitrogen and oxygen atoms in total. The lowest BCUT2D eigenvalue weighted by Crippen LogP contribution is -2.50. The first-order chi connectivity index (χ1) is 13.5. The van der Waals surface area contributed by atoms with E-state index < -0.39 is 11.4 Å². The van der Waals surface area contributed by atoms with Crippen LogP contribution in [0.4, 0.5) is 4.39 Å². The Balaban J connectivity index is 1.84. The summed E-state index contributed by atoms with van der Waals surface area (Å²) >= 11 is 12.3. The van der Waals surface area contributed by atoms with Crippen molar-refractivity contribution in [3.63, 3.8) is 0 Å². The molecule has 1 aromatic heterocycles. The number of pyridine rings is 1. The van der Waals surface area contributed by atoms with Gasteiger partial charge in [-0.05, 0) is 54.1 Å². The maximum absolute atomic E-state index is 13.2. The lowest BCUT2D eigenvalue weighted by atomic mass is 9.81. The molecule has 0 radical (unpaired) electrons. The average molecular weight is 417 g/mol. The molecule has 0 aliphatic carbocycles. The molecular formula is C21H15Cl2FN2O2. The van der Waals surface area contributed by atoms with Crippen LogP contribution in [-0.2, 0) is 5.54 Å². The van der Waals surface area contributed by atoms with E-state index in [1.54, 1.807) is 30.5 Å². The fourth-order valence-electron chi connectivity index (χ4n) is 3.36. The van der Waals surface area contributed by atoms with Gasteiger partial charge >= 0.3 is 0 Å². The number of carbonyl (C=O) groups is 1. The molecule has 0 fully saturated rings. The number of fused-ring (bicyclic) bond motifs is 1. The second-order valence-electron chi connectivity index (χ2n) is 6.44. The molecule has 0 bridgehead atoms. The van der Waals surface area contributed by atoms with E-state index >= 15 is 0 Å². The number of benzene rings is 2. The van der Waals surface area contributed by atoms with Crippen LogP contribution in [0.3, 0.4) is 0 Å². The molecule has 1 atom stereocenters. The maximum atomic E-state index is 13.2. The third-order valence-corrected chi connectivity index (χ3v) is 5.49. The highest BCUT2D eigenvalue weighted by molar-refractivity contribution is 6.42. The summed E-state index contributed by atoms with van der Waals surface area (Å²) in [5, 5.41) is 3.87. The van der Waals surface area contributed by atoms with Crippen LogP contribution < -0.4 is 10.1 Å². The molecule has 7 heteroatoms. The monoisotopic (exact) mass is 416 g/mol. The van der Waals surface area contributed by atoms with Crippen molar-refractivity contribution in [2.75, 3.05) is 6.61 Å². The predicted octanol–water partition coefficient (Wildman–Crippen LogP) is 4.98. The van der Waals surface area contributed by atoms with E-state index in [4.69, 9.17) is 27.9 Å². The van der Waals surface area contributed by atoms with Gasteiger partial charge in [0.15, 0.2) is 0 Å². The molecule has 0 saturated heterocycles. The number of hydrogen-bond acceptors (Lipinski definition) is 3. The first-order valence-electron chi connectivity index (χ1n) is 8.61. The maximum Gasteiger partial charge on any atom is 0.252 e. The van der Waals surface area contributed by atoms with Crippen molar-refractivity contribution in [3.8, 4) is 5.75 Å². The van der Waals surface area contributed by atoms with Crippen LogP contribution in [0.25, 0.3) is 0 Å². The smallest absolute Gasteiger partial charge is 0.252 e. The third-order valence-electron chi connectivity index (χ3n) is 4.76. The van der Waals surface area contributed by atoms with Crippen molar-refractivity contribution >= 4 is 29.1 Å². The van der Waals surface area contributed by atoms with Gasteiger partial charge in [-0.2, -0.15) is 0 Å². The molecule has 1 aliphatic heterocycles. The summed E-state index contributed by atoms with van der Waals surface area (Å²) in [4.78, 5) is 17.5. The zero-order valence-corrected chi connectivity index (χ0v) is 16.1. The van der Waals surface area contributed by atoms with Gasteiger partial charge in [0.25, 0.3) is 5.91 Å². The summed E-state index contributed by atoms with van der Waals surface area (Å²) in [6, 6.07) is 14.2. The van der Waals surface area contributed by atoms with Crippen LogP contribution in [0, 0.1) is 5.82 Å². The van der Waals surface area contributed by atoms with Crippen LogP contribution >= 0.6 is 23.2 Å². The normalized spacial score (nSPS) is 18.1. The third kappa shape index (κ3) is 3.32. The zero-order chi connectivity index (χ0) is 19.7. The van der Waals surface area contributed by atoms with E-state index in [0.717, 1.165) is 5.56 Å². The topological polar surface area (TPSA) is 51.2 Å². The van der Waals surface area contributed by atoms with E-state index in [9.17, 15) is 9.18 Å². The molecule has 1 N–H and O–H groups in total. The van der Waals surface area contributed by atoms with E-state index in [1.807, 2.05) is 6.07 Å². The first-order valence-corrected chi connectivity index (χ1v) is 9.37. The molecule has 4 rings (SSSR count). The minimum Gasteiger partial charge on any atom is -0.491 e. The van der Waals surface area contributed by atoms with E-state index in [0.29, 0.717) is 40.1 Å². The van der Waals surface area contributed by atoms with Crippen LogP contribution in [0.5, 0.6) is 5.75 Å². The molecular weight excluding hydrogens is 402 g/mol. The molecule has 2 heterocycles. The van der Waals surface area contributed by atoms with E-state index in [2.05, 4.69) is 10.3 Å². The summed E-state index contributed by atoms with van der Waals surface area (Å²) in [6.45, 7) is 0.378. The Bertz CT molecular complexity index is 1040. The van der Waals surface area contributed by atoms with Gasteiger partial charge in [-0.1, -0.05) is 29.3 Å². The standard InChI is InChI=1S/C21H15Cl2FN2O2/c22-16-8-5-14(12-17(16)23)21(9-11-28-18-2-1-10-25-19(18)21)26-20(27)13-3-6-15(24)7-4-13/h1-8,10,12H,9,11H2,(H,26,27)/t21-/m0/s1. The number of hydrogen-bond donors (Lipinski definition) is 1. The highest BCUT2D eigenvalue weighted by Crippen LogP contribution is 2.42. The number of ether oxygens (including phenoxy) is 1. The number of amides is 1. The fraction of sp³-hybridized carbons (Fsp3) is 0.143. The average Bonchev–Trinajstić information content (AvgIpc) is 2.70. The van der Waals surface area contributed by atoms with Gasteiger partial charge in [-0.15, -0.1) is 0 Å². The first kappa shape index (κ1) is 18.7. The molecule has 28 heavy (non-hydrogen) atoms. The Morgan fingerprint density at radius 2 is 1.89 bits per heavy atom. The van der Waals surface area contributed by atoms with Crippen LogP contribution in [0.15, 0.2) is 60.8 Å². The van der Waals surface area contributed by atoms with Crippen LogP contribution in [0.2, 0.25) is 10.0 Å². The SMILES string of the molecule is O=C(N[C@]1(c2ccc(Cl)c(Cl)c2)CCOc2cccnc21)c1ccc(F)cc1. The summed E-state index contributed by atoms with van der Waals surface area (Å²) in [7, 11) is 0. The van der Waals surface area contributed by atoms with Crippen LogP contribution in [-0.4, -0.2) is 17.5 Å². The van der Waals surface area contributed by atoms with Crippen LogP contribution in [0.1, 0.15) is 28.0 Å². The Labute approximate surface area is 171 Å². The molecule has 0 unspecified atom stereocenters. The largest absolute Gasteiger partial charge is 0.491 e. The summed E-state index contributed by atoms with van der Waals surface area (Å²) in [5.74, 6) is -0.183. The second kappa shape index (κ2) is 7.41. The quantitative estimate of drug-likeness (QED) is 0.654. The number of rotatable bonds is 3. The molecule has 1 aliphatic rings. The number of carbonyl (C=O) groups excluding carboxylic acids is 1. The number of nitrogens with one attached hydrogen (secondary N) is 1. The predicted molar refractivity (Wildman–Crippen MR) is 105 cm³/mol. The fourth-order valence-corrected chi connectivity index (χ4v) is 3.66. The summed E-state index contributed by atoms with van der Waals surface area (Å²) in [5.41, 5.74) is 0.690. The minimum atomic E-state index is -0.964. The van der Waals surface area contributed by atoms with Gasteiger partial charge in [0, 0.05) is 18.2 Å². The van der Waals surface area contributed by atoms with Crippen molar-refractivity contribution in [3.05, 3.63) is 93.5 Å². The highest BCUT2D eigenvalue weighted by Gasteiger charge is 2.42. The van der Waals surface area contributed by atoms with Gasteiger partial charge < -0.3 is 10.1 Å². The minimum absolute atomic E-state index is 0.338. The zero-order valence-electron chi connectivity index (χ0n) is 14.6. The number of nitrogens with zero attached hydrogens (tertiary/aromatic N) is 1. The Kier molecular flexibility index (Phi) is 4.96. The van der Waals surface area contributed by atoms with Crippen molar-refractivity contribution in [2.45, 2.75) is 12.0 Å².